The van der Waals surface area contributed by atoms with Gasteiger partial charge >= 0.3 is 0 Å². The van der Waals surface area contributed by atoms with Crippen molar-refractivity contribution in [2.24, 2.45) is 13.0 Å². The molecule has 0 aromatic carbocycles. The summed E-state index contributed by atoms with van der Waals surface area (Å²) in [7, 11) is 1.78. The first-order valence-electron chi connectivity index (χ1n) is 10.1. The summed E-state index contributed by atoms with van der Waals surface area (Å²) in [6, 6.07) is 7.66. The summed E-state index contributed by atoms with van der Waals surface area (Å²) in [4.78, 5) is 26.0. The van der Waals surface area contributed by atoms with Gasteiger partial charge in [0, 0.05) is 43.7 Å². The van der Waals surface area contributed by atoms with Crippen LogP contribution in [0, 0.1) is 12.8 Å². The van der Waals surface area contributed by atoms with Gasteiger partial charge < -0.3 is 5.32 Å². The van der Waals surface area contributed by atoms with E-state index in [4.69, 9.17) is 4.98 Å². The van der Waals surface area contributed by atoms with Crippen molar-refractivity contribution in [3.05, 3.63) is 60.1 Å². The second kappa shape index (κ2) is 8.51. The third kappa shape index (κ3) is 4.34. The monoisotopic (exact) mass is 390 g/mol. The van der Waals surface area contributed by atoms with E-state index in [0.717, 1.165) is 48.5 Å². The standard InChI is InChI=1S/C22H26N6O/c1-15-24-14-18(19-5-3-4-11-23-19)21(27-15)17-8-6-16(7-9-17)13-25-22(29)20-10-12-26-28(20)2/h3-5,10-12,14,16-17H,6-9,13H2,1-2H3,(H,25,29). The smallest absolute Gasteiger partial charge is 0.269 e. The van der Waals surface area contributed by atoms with Gasteiger partial charge in [0.05, 0.1) is 11.4 Å². The van der Waals surface area contributed by atoms with Crippen LogP contribution in [-0.2, 0) is 7.05 Å². The van der Waals surface area contributed by atoms with Crippen LogP contribution in [0.5, 0.6) is 0 Å². The van der Waals surface area contributed by atoms with E-state index in [1.807, 2.05) is 31.3 Å². The van der Waals surface area contributed by atoms with Crippen LogP contribution >= 0.6 is 0 Å². The number of pyridine rings is 1. The van der Waals surface area contributed by atoms with Gasteiger partial charge in [-0.15, -0.1) is 0 Å². The van der Waals surface area contributed by atoms with Crippen LogP contribution < -0.4 is 5.32 Å². The third-order valence-electron chi connectivity index (χ3n) is 5.72. The Bertz CT molecular complexity index is 976. The van der Waals surface area contributed by atoms with Gasteiger partial charge in [-0.1, -0.05) is 6.07 Å². The highest BCUT2D eigenvalue weighted by molar-refractivity contribution is 5.92. The minimum atomic E-state index is -0.0593. The van der Waals surface area contributed by atoms with E-state index in [-0.39, 0.29) is 5.91 Å². The van der Waals surface area contributed by atoms with Crippen molar-refractivity contribution in [2.45, 2.75) is 38.5 Å². The highest BCUT2D eigenvalue weighted by atomic mass is 16.2. The molecule has 0 bridgehead atoms. The lowest BCUT2D eigenvalue weighted by Gasteiger charge is -2.29. The van der Waals surface area contributed by atoms with Crippen LogP contribution in [0.3, 0.4) is 0 Å². The second-order valence-electron chi connectivity index (χ2n) is 7.70. The zero-order valence-corrected chi connectivity index (χ0v) is 16.9. The molecule has 29 heavy (non-hydrogen) atoms. The maximum absolute atomic E-state index is 12.3. The van der Waals surface area contributed by atoms with Crippen molar-refractivity contribution in [3.63, 3.8) is 0 Å². The van der Waals surface area contributed by atoms with E-state index >= 15 is 0 Å². The molecule has 1 aliphatic rings. The SMILES string of the molecule is Cc1ncc(-c2ccccn2)c(C2CCC(CNC(=O)c3ccnn3C)CC2)n1. The van der Waals surface area contributed by atoms with E-state index in [0.29, 0.717) is 24.1 Å². The molecule has 1 N–H and O–H groups in total. The summed E-state index contributed by atoms with van der Waals surface area (Å²) in [5.41, 5.74) is 3.65. The highest BCUT2D eigenvalue weighted by Crippen LogP contribution is 2.38. The Hall–Kier alpha value is -3.09. The number of nitrogens with zero attached hydrogens (tertiary/aromatic N) is 5. The van der Waals surface area contributed by atoms with E-state index in [1.165, 1.54) is 0 Å². The zero-order valence-electron chi connectivity index (χ0n) is 16.9. The number of carbonyl (C=O) groups is 1. The first kappa shape index (κ1) is 19.2. The quantitative estimate of drug-likeness (QED) is 0.722. The lowest BCUT2D eigenvalue weighted by atomic mass is 9.79. The van der Waals surface area contributed by atoms with Gasteiger partial charge in [-0.05, 0) is 56.7 Å². The lowest BCUT2D eigenvalue weighted by molar-refractivity contribution is 0.0933. The van der Waals surface area contributed by atoms with Crippen molar-refractivity contribution in [1.29, 1.82) is 0 Å². The lowest BCUT2D eigenvalue weighted by Crippen LogP contribution is -2.32. The average molecular weight is 390 g/mol. The fourth-order valence-electron chi connectivity index (χ4n) is 4.08. The molecule has 3 heterocycles. The van der Waals surface area contributed by atoms with E-state index in [1.54, 1.807) is 30.2 Å². The summed E-state index contributed by atoms with van der Waals surface area (Å²) in [5.74, 6) is 1.63. The van der Waals surface area contributed by atoms with Crippen LogP contribution in [-0.4, -0.2) is 37.2 Å². The van der Waals surface area contributed by atoms with Gasteiger partial charge in [0.15, 0.2) is 0 Å². The number of nitrogens with one attached hydrogen (secondary N) is 1. The average Bonchev–Trinajstić information content (AvgIpc) is 3.19. The molecule has 3 aromatic rings. The summed E-state index contributed by atoms with van der Waals surface area (Å²) in [5, 5.41) is 7.12. The molecule has 150 valence electrons. The maximum Gasteiger partial charge on any atom is 0.269 e. The van der Waals surface area contributed by atoms with Crippen LogP contribution in [0.1, 0.15) is 53.6 Å². The summed E-state index contributed by atoms with van der Waals surface area (Å²) in [6.07, 6.45) is 9.61. The molecule has 0 unspecified atom stereocenters. The molecule has 7 nitrogen and oxygen atoms in total. The van der Waals surface area contributed by atoms with Crippen molar-refractivity contribution in [1.82, 2.24) is 30.0 Å². The number of hydrogen-bond donors (Lipinski definition) is 1. The normalized spacial score (nSPS) is 19.1. The first-order valence-corrected chi connectivity index (χ1v) is 10.1. The topological polar surface area (TPSA) is 85.6 Å². The zero-order chi connectivity index (χ0) is 20.2. The van der Waals surface area contributed by atoms with Crippen LogP contribution in [0.25, 0.3) is 11.3 Å². The van der Waals surface area contributed by atoms with Crippen LogP contribution in [0.2, 0.25) is 0 Å². The number of amides is 1. The van der Waals surface area contributed by atoms with Gasteiger partial charge in [-0.25, -0.2) is 9.97 Å². The number of aromatic nitrogens is 5. The van der Waals surface area contributed by atoms with Crippen molar-refractivity contribution < 1.29 is 4.79 Å². The third-order valence-corrected chi connectivity index (χ3v) is 5.72. The molecule has 3 aromatic heterocycles. The highest BCUT2D eigenvalue weighted by Gasteiger charge is 2.26. The molecule has 1 aliphatic carbocycles. The van der Waals surface area contributed by atoms with Crippen LogP contribution in [0.4, 0.5) is 0 Å². The number of carbonyl (C=O) groups excluding carboxylic acids is 1. The molecular formula is C22H26N6O. The minimum absolute atomic E-state index is 0.0593. The van der Waals surface area contributed by atoms with Crippen LogP contribution in [0.15, 0.2) is 42.9 Å². The van der Waals surface area contributed by atoms with E-state index in [2.05, 4.69) is 20.4 Å². The largest absolute Gasteiger partial charge is 0.350 e. The molecule has 1 amide bonds. The molecule has 1 saturated carbocycles. The van der Waals surface area contributed by atoms with E-state index < -0.39 is 0 Å². The Kier molecular flexibility index (Phi) is 5.64. The molecule has 0 atom stereocenters. The first-order chi connectivity index (χ1) is 14.1. The van der Waals surface area contributed by atoms with Gasteiger partial charge in [0.25, 0.3) is 5.91 Å². The van der Waals surface area contributed by atoms with Gasteiger partial charge in [0.1, 0.15) is 11.5 Å². The van der Waals surface area contributed by atoms with Crippen molar-refractivity contribution in [3.8, 4) is 11.3 Å². The fraction of sp³-hybridized carbons (Fsp3) is 0.409. The number of rotatable bonds is 5. The molecule has 4 rings (SSSR count). The van der Waals surface area contributed by atoms with Crippen molar-refractivity contribution in [2.75, 3.05) is 6.54 Å². The molecular weight excluding hydrogens is 364 g/mol. The minimum Gasteiger partial charge on any atom is -0.350 e. The summed E-state index contributed by atoms with van der Waals surface area (Å²) < 4.78 is 1.60. The molecule has 0 saturated heterocycles. The van der Waals surface area contributed by atoms with Gasteiger partial charge in [-0.3, -0.25) is 14.5 Å². The van der Waals surface area contributed by atoms with Gasteiger partial charge in [-0.2, -0.15) is 5.10 Å². The number of hydrogen-bond acceptors (Lipinski definition) is 5. The molecule has 1 fully saturated rings. The molecule has 0 spiro atoms. The molecule has 0 radical (unpaired) electrons. The Morgan fingerprint density at radius 2 is 1.97 bits per heavy atom. The predicted octanol–water partition coefficient (Wildman–Crippen LogP) is 3.28. The van der Waals surface area contributed by atoms with Gasteiger partial charge in [0.2, 0.25) is 0 Å². The summed E-state index contributed by atoms with van der Waals surface area (Å²) in [6.45, 7) is 2.64. The second-order valence-corrected chi connectivity index (χ2v) is 7.70. The Morgan fingerprint density at radius 1 is 1.14 bits per heavy atom. The fourth-order valence-corrected chi connectivity index (χ4v) is 4.08. The number of aryl methyl sites for hydroxylation is 2. The molecule has 7 heteroatoms. The predicted molar refractivity (Wildman–Crippen MR) is 110 cm³/mol. The summed E-state index contributed by atoms with van der Waals surface area (Å²) >= 11 is 0. The maximum atomic E-state index is 12.3. The Labute approximate surface area is 170 Å². The Morgan fingerprint density at radius 3 is 2.66 bits per heavy atom. The Balaban J connectivity index is 1.39. The van der Waals surface area contributed by atoms with Crippen molar-refractivity contribution >= 4 is 5.91 Å². The molecule has 0 aliphatic heterocycles. The van der Waals surface area contributed by atoms with E-state index in [9.17, 15) is 4.79 Å².